The van der Waals surface area contributed by atoms with Gasteiger partial charge in [0.2, 0.25) is 0 Å². The average Bonchev–Trinajstić information content (AvgIpc) is 3.16. The molecule has 0 atom stereocenters. The Morgan fingerprint density at radius 1 is 1.33 bits per heavy atom. The molecule has 0 bridgehead atoms. The van der Waals surface area contributed by atoms with Gasteiger partial charge >= 0.3 is 0 Å². The van der Waals surface area contributed by atoms with Crippen LogP contribution in [0.4, 0.5) is 11.4 Å². The Hall–Kier alpha value is -1.85. The molecule has 1 aliphatic heterocycles. The molecule has 0 fully saturated rings. The Morgan fingerprint density at radius 2 is 2.17 bits per heavy atom. The topological polar surface area (TPSA) is 53.6 Å². The minimum absolute atomic E-state index is 0.590. The van der Waals surface area contributed by atoms with Gasteiger partial charge in [0.1, 0.15) is 5.84 Å². The number of hydrogen-bond acceptors (Lipinski definition) is 4. The lowest BCUT2D eigenvalue weighted by atomic mass is 10.0. The van der Waals surface area contributed by atoms with E-state index in [1.165, 1.54) is 17.7 Å². The molecule has 1 aromatic carbocycles. The molecular weight excluding hydrogens is 316 g/mol. The second kappa shape index (κ2) is 9.45. The fraction of sp³-hybridized carbons (Fsp3) is 0.421. The van der Waals surface area contributed by atoms with E-state index in [4.69, 9.17) is 5.73 Å². The van der Waals surface area contributed by atoms with Crippen LogP contribution in [0, 0.1) is 0 Å². The van der Waals surface area contributed by atoms with Gasteiger partial charge in [0.05, 0.1) is 10.6 Å². The van der Waals surface area contributed by atoms with Gasteiger partial charge in [-0.25, -0.2) is 4.99 Å². The van der Waals surface area contributed by atoms with E-state index in [1.54, 1.807) is 11.3 Å². The number of hydrogen-bond donors (Lipinski definition) is 2. The smallest absolute Gasteiger partial charge is 0.141 e. The number of aliphatic imine (C=N–C) groups is 1. The normalized spacial score (nSPS) is 14.0. The Labute approximate surface area is 149 Å². The molecule has 1 aromatic heterocycles. The van der Waals surface area contributed by atoms with E-state index >= 15 is 0 Å². The molecule has 0 aliphatic carbocycles. The number of rotatable bonds is 5. The van der Waals surface area contributed by atoms with Crippen LogP contribution in [0.15, 0.2) is 40.7 Å². The number of nitrogens with zero attached hydrogens (tertiary/aromatic N) is 2. The maximum Gasteiger partial charge on any atom is 0.141 e. The zero-order valence-electron chi connectivity index (χ0n) is 14.9. The summed E-state index contributed by atoms with van der Waals surface area (Å²) in [5.74, 6) is 0.590. The maximum atomic E-state index is 6.10. The lowest BCUT2D eigenvalue weighted by Gasteiger charge is -2.31. The highest BCUT2D eigenvalue weighted by Gasteiger charge is 2.16. The molecule has 2 heterocycles. The predicted octanol–water partition coefficient (Wildman–Crippen LogP) is 3.78. The molecule has 4 nitrogen and oxygen atoms in total. The van der Waals surface area contributed by atoms with Crippen LogP contribution in [-0.4, -0.2) is 32.5 Å². The largest absolute Gasteiger partial charge is 0.383 e. The summed E-state index contributed by atoms with van der Waals surface area (Å²) in [5.41, 5.74) is 9.75. The minimum Gasteiger partial charge on any atom is -0.383 e. The van der Waals surface area contributed by atoms with Crippen LogP contribution in [-0.2, 0) is 6.42 Å². The fourth-order valence-corrected chi connectivity index (χ4v) is 3.43. The summed E-state index contributed by atoms with van der Waals surface area (Å²) in [7, 11) is 1.99. The summed E-state index contributed by atoms with van der Waals surface area (Å²) < 4.78 is 0. The number of nitrogens with two attached hydrogens (primary N) is 1. The van der Waals surface area contributed by atoms with Gasteiger partial charge < -0.3 is 16.0 Å². The van der Waals surface area contributed by atoms with Crippen molar-refractivity contribution in [3.63, 3.8) is 0 Å². The third-order valence-corrected chi connectivity index (χ3v) is 4.83. The van der Waals surface area contributed by atoms with Gasteiger partial charge in [-0.3, -0.25) is 0 Å². The minimum atomic E-state index is 0.590. The quantitative estimate of drug-likeness (QED) is 0.641. The molecule has 0 radical (unpaired) electrons. The van der Waals surface area contributed by atoms with Crippen LogP contribution >= 0.6 is 11.3 Å². The number of benzene rings is 1. The Balaban J connectivity index is 0.00000100. The zero-order chi connectivity index (χ0) is 17.4. The van der Waals surface area contributed by atoms with E-state index < -0.39 is 0 Å². The lowest BCUT2D eigenvalue weighted by Crippen LogP contribution is -2.34. The molecule has 3 rings (SSSR count). The summed E-state index contributed by atoms with van der Waals surface area (Å²) in [4.78, 5) is 8.05. The van der Waals surface area contributed by atoms with Crippen LogP contribution < -0.4 is 16.0 Å². The number of nitrogens with one attached hydrogen (secondary N) is 1. The number of amidine groups is 1. The van der Waals surface area contributed by atoms with E-state index in [1.807, 2.05) is 38.4 Å². The van der Waals surface area contributed by atoms with Crippen molar-refractivity contribution in [3.05, 3.63) is 46.2 Å². The Bertz CT molecular complexity index is 649. The van der Waals surface area contributed by atoms with Crippen molar-refractivity contribution in [2.24, 2.45) is 10.7 Å². The average molecular weight is 345 g/mol. The first-order valence-corrected chi connectivity index (χ1v) is 9.56. The van der Waals surface area contributed by atoms with Crippen molar-refractivity contribution in [3.8, 4) is 0 Å². The van der Waals surface area contributed by atoms with Crippen LogP contribution in [0.1, 0.15) is 30.7 Å². The molecule has 0 unspecified atom stereocenters. The monoisotopic (exact) mass is 344 g/mol. The molecule has 5 heteroatoms. The molecule has 0 saturated carbocycles. The summed E-state index contributed by atoms with van der Waals surface area (Å²) in [5, 5.41) is 5.24. The van der Waals surface area contributed by atoms with E-state index in [0.717, 1.165) is 36.6 Å². The van der Waals surface area contributed by atoms with E-state index in [9.17, 15) is 0 Å². The molecule has 130 valence electrons. The third kappa shape index (κ3) is 4.58. The SMILES string of the molecule is CC.CNCCN1CCCc2ccc(N=C(N)c3cccs3)cc21. The molecule has 1 aliphatic rings. The molecule has 0 spiro atoms. The Kier molecular flexibility index (Phi) is 7.28. The number of aryl methyl sites for hydroxylation is 1. The van der Waals surface area contributed by atoms with Gasteiger partial charge in [-0.15, -0.1) is 11.3 Å². The third-order valence-electron chi connectivity index (χ3n) is 3.94. The number of fused-ring (bicyclic) bond motifs is 1. The number of likely N-dealkylation sites (N-methyl/N-ethyl adjacent to an activating group) is 1. The van der Waals surface area contributed by atoms with E-state index in [-0.39, 0.29) is 0 Å². The lowest BCUT2D eigenvalue weighted by molar-refractivity contribution is 0.664. The summed E-state index contributed by atoms with van der Waals surface area (Å²) in [6.07, 6.45) is 2.37. The van der Waals surface area contributed by atoms with Crippen molar-refractivity contribution >= 4 is 28.5 Å². The first-order chi connectivity index (χ1) is 11.8. The van der Waals surface area contributed by atoms with Crippen molar-refractivity contribution in [1.29, 1.82) is 0 Å². The van der Waals surface area contributed by atoms with Gasteiger partial charge in [0.25, 0.3) is 0 Å². The van der Waals surface area contributed by atoms with Gasteiger partial charge in [0, 0.05) is 25.3 Å². The number of thiophene rings is 1. The molecular formula is C19H28N4S. The van der Waals surface area contributed by atoms with Crippen molar-refractivity contribution < 1.29 is 0 Å². The second-order valence-electron chi connectivity index (χ2n) is 5.48. The summed E-state index contributed by atoms with van der Waals surface area (Å²) in [6, 6.07) is 10.4. The molecule has 24 heavy (non-hydrogen) atoms. The van der Waals surface area contributed by atoms with E-state index in [2.05, 4.69) is 33.4 Å². The highest BCUT2D eigenvalue weighted by Crippen LogP contribution is 2.31. The van der Waals surface area contributed by atoms with Crippen LogP contribution in [0.5, 0.6) is 0 Å². The maximum absolute atomic E-state index is 6.10. The summed E-state index contributed by atoms with van der Waals surface area (Å²) in [6.45, 7) is 7.13. The number of anilines is 1. The van der Waals surface area contributed by atoms with E-state index in [0.29, 0.717) is 5.84 Å². The molecule has 3 N–H and O–H groups in total. The first kappa shape index (κ1) is 18.5. The van der Waals surface area contributed by atoms with Crippen molar-refractivity contribution in [2.45, 2.75) is 26.7 Å². The van der Waals surface area contributed by atoms with Crippen molar-refractivity contribution in [2.75, 3.05) is 31.6 Å². The van der Waals surface area contributed by atoms with Gasteiger partial charge in [-0.05, 0) is 49.0 Å². The molecule has 0 amide bonds. The van der Waals surface area contributed by atoms with Crippen LogP contribution in [0.3, 0.4) is 0 Å². The second-order valence-corrected chi connectivity index (χ2v) is 6.43. The van der Waals surface area contributed by atoms with Gasteiger partial charge in [-0.2, -0.15) is 0 Å². The molecule has 0 saturated heterocycles. The molecule has 2 aromatic rings. The van der Waals surface area contributed by atoms with Crippen molar-refractivity contribution in [1.82, 2.24) is 5.32 Å². The standard InChI is InChI=1S/C17H22N4S.C2H6/c1-19-8-10-21-9-2-4-13-6-7-14(12-15(13)21)20-17(18)16-5-3-11-22-16;1-2/h3,5-7,11-12,19H,2,4,8-10H2,1H3,(H2,18,20);1-2H3. The zero-order valence-corrected chi connectivity index (χ0v) is 15.7. The highest BCUT2D eigenvalue weighted by molar-refractivity contribution is 7.12. The Morgan fingerprint density at radius 3 is 2.88 bits per heavy atom. The van der Waals surface area contributed by atoms with Crippen LogP contribution in [0.2, 0.25) is 0 Å². The van der Waals surface area contributed by atoms with Gasteiger partial charge in [0.15, 0.2) is 0 Å². The predicted molar refractivity (Wildman–Crippen MR) is 107 cm³/mol. The van der Waals surface area contributed by atoms with Crippen LogP contribution in [0.25, 0.3) is 0 Å². The first-order valence-electron chi connectivity index (χ1n) is 8.68. The fourth-order valence-electron chi connectivity index (χ4n) is 2.81. The summed E-state index contributed by atoms with van der Waals surface area (Å²) >= 11 is 1.62. The van der Waals surface area contributed by atoms with Gasteiger partial charge in [-0.1, -0.05) is 26.0 Å². The highest BCUT2D eigenvalue weighted by atomic mass is 32.1.